The highest BCUT2D eigenvalue weighted by molar-refractivity contribution is 6.34. The average Bonchev–Trinajstić information content (AvgIpc) is 2.70. The lowest BCUT2D eigenvalue weighted by Gasteiger charge is -2.42. The van der Waals surface area contributed by atoms with Crippen LogP contribution in [0.2, 0.25) is 5.02 Å². The van der Waals surface area contributed by atoms with Gasteiger partial charge < -0.3 is 10.6 Å². The van der Waals surface area contributed by atoms with Gasteiger partial charge in [-0.1, -0.05) is 35.9 Å². The van der Waals surface area contributed by atoms with Gasteiger partial charge in [0.1, 0.15) is 0 Å². The Morgan fingerprint density at radius 2 is 1.77 bits per heavy atom. The largest absolute Gasteiger partial charge is 0.417 e. The summed E-state index contributed by atoms with van der Waals surface area (Å²) in [6, 6.07) is 11.6. The molecule has 2 atom stereocenters. The molecule has 1 amide bonds. The lowest BCUT2D eigenvalue weighted by Crippen LogP contribution is -2.53. The number of para-hydroxylation sites is 1. The average molecular weight is 439 g/mol. The van der Waals surface area contributed by atoms with Gasteiger partial charge in [-0.15, -0.1) is 0 Å². The van der Waals surface area contributed by atoms with E-state index in [-0.39, 0.29) is 11.6 Å². The maximum Gasteiger partial charge on any atom is 0.417 e. The van der Waals surface area contributed by atoms with Gasteiger partial charge in [0.25, 0.3) is 5.91 Å². The lowest BCUT2D eigenvalue weighted by molar-refractivity contribution is -0.137. The van der Waals surface area contributed by atoms with Crippen LogP contribution in [0.3, 0.4) is 0 Å². The van der Waals surface area contributed by atoms with Crippen LogP contribution >= 0.6 is 11.6 Å². The van der Waals surface area contributed by atoms with Crippen LogP contribution in [0.5, 0.6) is 0 Å². The van der Waals surface area contributed by atoms with E-state index in [1.807, 2.05) is 30.3 Å². The summed E-state index contributed by atoms with van der Waals surface area (Å²) >= 11 is 5.96. The molecule has 2 aromatic carbocycles. The number of alkyl halides is 3. The molecule has 0 spiro atoms. The predicted octanol–water partition coefficient (Wildman–Crippen LogP) is 4.53. The molecule has 0 fully saturated rings. The van der Waals surface area contributed by atoms with Crippen LogP contribution in [-0.2, 0) is 6.18 Å². The molecular formula is C21H22ClF3N4O. The summed E-state index contributed by atoms with van der Waals surface area (Å²) in [6.45, 7) is 3.50. The van der Waals surface area contributed by atoms with E-state index in [4.69, 9.17) is 23.2 Å². The molecule has 0 aliphatic carbocycles. The van der Waals surface area contributed by atoms with E-state index in [2.05, 4.69) is 0 Å². The Labute approximate surface area is 177 Å². The van der Waals surface area contributed by atoms with Crippen LogP contribution < -0.4 is 16.6 Å². The number of nitrogens with zero attached hydrogens (tertiary/aromatic N) is 2. The van der Waals surface area contributed by atoms with Crippen molar-refractivity contribution >= 4 is 23.2 Å². The van der Waals surface area contributed by atoms with Crippen LogP contribution in [0.4, 0.5) is 18.9 Å². The second-order valence-corrected chi connectivity index (χ2v) is 7.59. The number of hydrazine groups is 1. The van der Waals surface area contributed by atoms with Crippen molar-refractivity contribution in [2.45, 2.75) is 38.5 Å². The standard InChI is InChI=1S/C21H22ClF3N4O/c1-12-11-17(29(27)14-7-4-3-5-8-14)19(26)13(2)28(12)20(30)15-9-6-10-16(18(15)22)21(23,24)25/h3-10,12-13H,11,26-27H2,1-2H3. The van der Waals surface area contributed by atoms with Gasteiger partial charge >= 0.3 is 6.18 Å². The molecule has 0 saturated heterocycles. The molecule has 1 aliphatic rings. The number of carbonyl (C=O) groups is 1. The number of nitrogens with two attached hydrogens (primary N) is 2. The first-order valence-corrected chi connectivity index (χ1v) is 9.68. The highest BCUT2D eigenvalue weighted by Crippen LogP contribution is 2.38. The van der Waals surface area contributed by atoms with Crippen molar-refractivity contribution in [1.82, 2.24) is 4.90 Å². The SMILES string of the molecule is CC1CC(N(N)c2ccccc2)=C(N)C(C)N1C(=O)c1cccc(C(F)(F)F)c1Cl. The molecule has 1 heterocycles. The summed E-state index contributed by atoms with van der Waals surface area (Å²) < 4.78 is 39.6. The van der Waals surface area contributed by atoms with E-state index < -0.39 is 28.7 Å². The van der Waals surface area contributed by atoms with Crippen LogP contribution in [-0.4, -0.2) is 22.9 Å². The Hall–Kier alpha value is -2.71. The minimum absolute atomic E-state index is 0.214. The number of hydrogen-bond acceptors (Lipinski definition) is 4. The molecule has 160 valence electrons. The molecule has 2 unspecified atom stereocenters. The molecule has 4 N–H and O–H groups in total. The third-order valence-corrected chi connectivity index (χ3v) is 5.67. The Balaban J connectivity index is 1.96. The van der Waals surface area contributed by atoms with Crippen molar-refractivity contribution in [3.8, 4) is 0 Å². The van der Waals surface area contributed by atoms with Gasteiger partial charge in [-0.25, -0.2) is 5.84 Å². The van der Waals surface area contributed by atoms with Crippen molar-refractivity contribution < 1.29 is 18.0 Å². The van der Waals surface area contributed by atoms with Crippen molar-refractivity contribution in [2.75, 3.05) is 5.01 Å². The van der Waals surface area contributed by atoms with Crippen LogP contribution in [0.25, 0.3) is 0 Å². The van der Waals surface area contributed by atoms with Gasteiger partial charge in [-0.2, -0.15) is 13.2 Å². The number of benzene rings is 2. The first kappa shape index (κ1) is 22.0. The summed E-state index contributed by atoms with van der Waals surface area (Å²) in [5.41, 5.74) is 6.81. The zero-order chi connectivity index (χ0) is 22.2. The molecule has 0 aromatic heterocycles. The van der Waals surface area contributed by atoms with Crippen molar-refractivity contribution in [3.63, 3.8) is 0 Å². The van der Waals surface area contributed by atoms with E-state index in [9.17, 15) is 18.0 Å². The Kier molecular flexibility index (Phi) is 6.01. The van der Waals surface area contributed by atoms with Crippen LogP contribution in [0, 0.1) is 0 Å². The molecule has 0 radical (unpaired) electrons. The van der Waals surface area contributed by atoms with Crippen molar-refractivity contribution in [3.05, 3.63) is 76.1 Å². The van der Waals surface area contributed by atoms with E-state index in [1.54, 1.807) is 13.8 Å². The quantitative estimate of drug-likeness (QED) is 0.545. The summed E-state index contributed by atoms with van der Waals surface area (Å²) in [6.07, 6.45) is -4.32. The molecular weight excluding hydrogens is 417 g/mol. The summed E-state index contributed by atoms with van der Waals surface area (Å²) in [7, 11) is 0. The van der Waals surface area contributed by atoms with Gasteiger partial charge in [-0.3, -0.25) is 9.80 Å². The maximum atomic E-state index is 13.2. The highest BCUT2D eigenvalue weighted by Gasteiger charge is 2.39. The second kappa shape index (κ2) is 8.20. The molecule has 1 aliphatic heterocycles. The third-order valence-electron chi connectivity index (χ3n) is 5.26. The second-order valence-electron chi connectivity index (χ2n) is 7.21. The fourth-order valence-electron chi connectivity index (χ4n) is 3.68. The van der Waals surface area contributed by atoms with Gasteiger partial charge in [0, 0.05) is 12.5 Å². The van der Waals surface area contributed by atoms with Gasteiger partial charge in [-0.05, 0) is 38.1 Å². The number of hydrogen-bond donors (Lipinski definition) is 2. The molecule has 5 nitrogen and oxygen atoms in total. The van der Waals surface area contributed by atoms with E-state index in [0.717, 1.165) is 11.8 Å². The van der Waals surface area contributed by atoms with Gasteiger partial charge in [0.15, 0.2) is 0 Å². The molecule has 0 bridgehead atoms. The Morgan fingerprint density at radius 3 is 2.37 bits per heavy atom. The predicted molar refractivity (Wildman–Crippen MR) is 110 cm³/mol. The summed E-state index contributed by atoms with van der Waals surface area (Å²) in [5, 5.41) is 0.856. The van der Waals surface area contributed by atoms with Gasteiger partial charge in [0.05, 0.1) is 39.3 Å². The topological polar surface area (TPSA) is 75.6 Å². The van der Waals surface area contributed by atoms with Crippen LogP contribution in [0.1, 0.15) is 36.2 Å². The van der Waals surface area contributed by atoms with Crippen molar-refractivity contribution in [2.24, 2.45) is 11.6 Å². The minimum atomic E-state index is -4.66. The summed E-state index contributed by atoms with van der Waals surface area (Å²) in [5.74, 6) is 5.64. The number of anilines is 1. The van der Waals surface area contributed by atoms with Crippen molar-refractivity contribution in [1.29, 1.82) is 0 Å². The molecule has 0 saturated carbocycles. The zero-order valence-corrected chi connectivity index (χ0v) is 17.2. The smallest absolute Gasteiger partial charge is 0.399 e. The summed E-state index contributed by atoms with van der Waals surface area (Å²) in [4.78, 5) is 14.6. The van der Waals surface area contributed by atoms with E-state index >= 15 is 0 Å². The first-order chi connectivity index (χ1) is 14.0. The molecule has 2 aromatic rings. The number of rotatable bonds is 3. The number of halogens is 4. The number of carbonyl (C=O) groups excluding carboxylic acids is 1. The van der Waals surface area contributed by atoms with E-state index in [1.165, 1.54) is 22.0 Å². The fourth-order valence-corrected chi connectivity index (χ4v) is 4.00. The van der Waals surface area contributed by atoms with E-state index in [0.29, 0.717) is 17.8 Å². The third kappa shape index (κ3) is 3.97. The number of amides is 1. The Morgan fingerprint density at radius 1 is 1.13 bits per heavy atom. The van der Waals surface area contributed by atoms with Crippen LogP contribution in [0.15, 0.2) is 59.9 Å². The highest BCUT2D eigenvalue weighted by atomic mass is 35.5. The minimum Gasteiger partial charge on any atom is -0.399 e. The normalized spacial score (nSPS) is 19.8. The fraction of sp³-hybridized carbons (Fsp3) is 0.286. The van der Waals surface area contributed by atoms with Gasteiger partial charge in [0.2, 0.25) is 0 Å². The monoisotopic (exact) mass is 438 g/mol. The molecule has 9 heteroatoms. The Bertz CT molecular complexity index is 978. The lowest BCUT2D eigenvalue weighted by atomic mass is 9.96. The first-order valence-electron chi connectivity index (χ1n) is 9.30. The molecule has 30 heavy (non-hydrogen) atoms. The maximum absolute atomic E-state index is 13.2. The zero-order valence-electron chi connectivity index (χ0n) is 16.4. The molecule has 3 rings (SSSR count).